The number of hydrogen-bond donors (Lipinski definition) is 1. The molecule has 0 heterocycles. The van der Waals surface area contributed by atoms with Crippen LogP contribution in [0, 0.1) is 24.1 Å². The molecule has 0 atom stereocenters. The molecule has 0 saturated carbocycles. The molecule has 2 rings (SSSR count). The van der Waals surface area contributed by atoms with E-state index < -0.39 is 5.82 Å². The SMILES string of the molecule is Cc1ccc(NCc2cccc(C#N)c2F)cc1Br. The zero-order valence-electron chi connectivity index (χ0n) is 10.4. The highest BCUT2D eigenvalue weighted by atomic mass is 79.9. The van der Waals surface area contributed by atoms with Gasteiger partial charge in [-0.3, -0.25) is 0 Å². The number of benzene rings is 2. The third-order valence-electron chi connectivity index (χ3n) is 2.85. The lowest BCUT2D eigenvalue weighted by atomic mass is 10.1. The Bertz CT molecular complexity index is 647. The first-order valence-electron chi connectivity index (χ1n) is 5.79. The van der Waals surface area contributed by atoms with Gasteiger partial charge in [-0.2, -0.15) is 5.26 Å². The fourth-order valence-corrected chi connectivity index (χ4v) is 2.08. The van der Waals surface area contributed by atoms with Gasteiger partial charge in [-0.1, -0.05) is 34.1 Å². The molecule has 0 aliphatic heterocycles. The van der Waals surface area contributed by atoms with Crippen molar-refractivity contribution in [1.82, 2.24) is 0 Å². The molecule has 1 N–H and O–H groups in total. The number of rotatable bonds is 3. The van der Waals surface area contributed by atoms with Crippen LogP contribution in [0.4, 0.5) is 10.1 Å². The summed E-state index contributed by atoms with van der Waals surface area (Å²) in [6, 6.07) is 12.5. The third kappa shape index (κ3) is 3.12. The normalized spacial score (nSPS) is 10.0. The lowest BCUT2D eigenvalue weighted by molar-refractivity contribution is 0.609. The summed E-state index contributed by atoms with van der Waals surface area (Å²) in [7, 11) is 0. The summed E-state index contributed by atoms with van der Waals surface area (Å²) in [5, 5.41) is 11.9. The molecule has 2 aromatic carbocycles. The minimum absolute atomic E-state index is 0.0735. The van der Waals surface area contributed by atoms with Gasteiger partial charge in [0.2, 0.25) is 0 Å². The number of halogens is 2. The van der Waals surface area contributed by atoms with Crippen LogP contribution < -0.4 is 5.32 Å². The predicted octanol–water partition coefficient (Wildman–Crippen LogP) is 4.38. The van der Waals surface area contributed by atoms with Gasteiger partial charge >= 0.3 is 0 Å². The molecule has 2 nitrogen and oxygen atoms in total. The van der Waals surface area contributed by atoms with Crippen LogP contribution in [0.15, 0.2) is 40.9 Å². The average molecular weight is 319 g/mol. The molecule has 0 spiro atoms. The van der Waals surface area contributed by atoms with E-state index in [1.165, 1.54) is 6.07 Å². The molecular weight excluding hydrogens is 307 g/mol. The number of anilines is 1. The van der Waals surface area contributed by atoms with E-state index in [2.05, 4.69) is 21.2 Å². The Kier molecular flexibility index (Phi) is 4.18. The van der Waals surface area contributed by atoms with Gasteiger partial charge < -0.3 is 5.32 Å². The number of nitrogens with zero attached hydrogens (tertiary/aromatic N) is 1. The molecule has 0 fully saturated rings. The summed E-state index contributed by atoms with van der Waals surface area (Å²) >= 11 is 3.45. The van der Waals surface area contributed by atoms with E-state index in [0.29, 0.717) is 12.1 Å². The molecule has 4 heteroatoms. The van der Waals surface area contributed by atoms with Crippen LogP contribution in [0.3, 0.4) is 0 Å². The Balaban J connectivity index is 2.15. The van der Waals surface area contributed by atoms with Crippen molar-refractivity contribution in [1.29, 1.82) is 5.26 Å². The van der Waals surface area contributed by atoms with E-state index in [4.69, 9.17) is 5.26 Å². The van der Waals surface area contributed by atoms with Crippen LogP contribution in [0.5, 0.6) is 0 Å². The van der Waals surface area contributed by atoms with Crippen molar-refractivity contribution < 1.29 is 4.39 Å². The number of nitrogens with one attached hydrogen (secondary N) is 1. The predicted molar refractivity (Wildman–Crippen MR) is 77.3 cm³/mol. The minimum Gasteiger partial charge on any atom is -0.381 e. The maximum Gasteiger partial charge on any atom is 0.145 e. The molecule has 0 aliphatic rings. The van der Waals surface area contributed by atoms with Crippen LogP contribution in [-0.2, 0) is 6.54 Å². The standard InChI is InChI=1S/C15H12BrFN2/c1-10-5-6-13(7-14(10)16)19-9-12-4-2-3-11(8-18)15(12)17/h2-7,19H,9H2,1H3. The number of hydrogen-bond acceptors (Lipinski definition) is 2. The molecule has 0 amide bonds. The Morgan fingerprint density at radius 2 is 2.11 bits per heavy atom. The smallest absolute Gasteiger partial charge is 0.145 e. The molecule has 0 radical (unpaired) electrons. The molecule has 0 aliphatic carbocycles. The Labute approximate surface area is 120 Å². The van der Waals surface area contributed by atoms with Crippen molar-refractivity contribution in [2.75, 3.05) is 5.32 Å². The highest BCUT2D eigenvalue weighted by Crippen LogP contribution is 2.21. The average Bonchev–Trinajstić information content (AvgIpc) is 2.41. The summed E-state index contributed by atoms with van der Waals surface area (Å²) in [5.74, 6) is -0.455. The van der Waals surface area contributed by atoms with Gasteiger partial charge in [0.15, 0.2) is 0 Å². The Morgan fingerprint density at radius 1 is 1.32 bits per heavy atom. The van der Waals surface area contributed by atoms with Crippen molar-refractivity contribution in [2.45, 2.75) is 13.5 Å². The second kappa shape index (κ2) is 5.85. The maximum atomic E-state index is 13.8. The van der Waals surface area contributed by atoms with E-state index in [0.717, 1.165) is 15.7 Å². The lowest BCUT2D eigenvalue weighted by Gasteiger charge is -2.09. The van der Waals surface area contributed by atoms with Crippen molar-refractivity contribution in [3.05, 3.63) is 63.4 Å². The van der Waals surface area contributed by atoms with Crippen LogP contribution in [0.1, 0.15) is 16.7 Å². The van der Waals surface area contributed by atoms with E-state index in [1.807, 2.05) is 31.2 Å². The van der Waals surface area contributed by atoms with Crippen LogP contribution in [0.2, 0.25) is 0 Å². The number of nitriles is 1. The fraction of sp³-hybridized carbons (Fsp3) is 0.133. The first-order valence-corrected chi connectivity index (χ1v) is 6.58. The summed E-state index contributed by atoms with van der Waals surface area (Å²) < 4.78 is 14.9. The van der Waals surface area contributed by atoms with Gasteiger partial charge in [-0.05, 0) is 30.7 Å². The van der Waals surface area contributed by atoms with Gasteiger partial charge in [0.1, 0.15) is 11.9 Å². The molecule has 96 valence electrons. The van der Waals surface area contributed by atoms with Crippen molar-refractivity contribution in [2.24, 2.45) is 0 Å². The first kappa shape index (κ1) is 13.6. The first-order chi connectivity index (χ1) is 9.11. The van der Waals surface area contributed by atoms with Crippen LogP contribution >= 0.6 is 15.9 Å². The highest BCUT2D eigenvalue weighted by Gasteiger charge is 2.07. The van der Waals surface area contributed by atoms with Gasteiger partial charge in [0.05, 0.1) is 5.56 Å². The van der Waals surface area contributed by atoms with Gasteiger partial charge in [-0.15, -0.1) is 0 Å². The van der Waals surface area contributed by atoms with E-state index in [9.17, 15) is 4.39 Å². The topological polar surface area (TPSA) is 35.8 Å². The largest absolute Gasteiger partial charge is 0.381 e. The number of aryl methyl sites for hydroxylation is 1. The van der Waals surface area contributed by atoms with Gasteiger partial charge in [-0.25, -0.2) is 4.39 Å². The zero-order valence-corrected chi connectivity index (χ0v) is 12.0. The summed E-state index contributed by atoms with van der Waals surface area (Å²) in [4.78, 5) is 0. The molecule has 19 heavy (non-hydrogen) atoms. The minimum atomic E-state index is -0.455. The molecule has 2 aromatic rings. The third-order valence-corrected chi connectivity index (χ3v) is 3.71. The van der Waals surface area contributed by atoms with E-state index in [-0.39, 0.29) is 5.56 Å². The van der Waals surface area contributed by atoms with Gasteiger partial charge in [0, 0.05) is 22.3 Å². The summed E-state index contributed by atoms with van der Waals surface area (Å²) in [6.45, 7) is 2.35. The van der Waals surface area contributed by atoms with Crippen LogP contribution in [0.25, 0.3) is 0 Å². The molecule has 0 unspecified atom stereocenters. The summed E-state index contributed by atoms with van der Waals surface area (Å²) in [5.41, 5.74) is 2.60. The molecule has 0 bridgehead atoms. The fourth-order valence-electron chi connectivity index (χ4n) is 1.70. The Morgan fingerprint density at radius 3 is 2.79 bits per heavy atom. The quantitative estimate of drug-likeness (QED) is 0.911. The zero-order chi connectivity index (χ0) is 13.8. The van der Waals surface area contributed by atoms with Crippen molar-refractivity contribution in [3.63, 3.8) is 0 Å². The molecule has 0 saturated heterocycles. The second-order valence-electron chi connectivity index (χ2n) is 4.21. The molecule has 0 aromatic heterocycles. The van der Waals surface area contributed by atoms with Crippen molar-refractivity contribution in [3.8, 4) is 6.07 Å². The monoisotopic (exact) mass is 318 g/mol. The maximum absolute atomic E-state index is 13.8. The van der Waals surface area contributed by atoms with E-state index >= 15 is 0 Å². The van der Waals surface area contributed by atoms with Crippen LogP contribution in [-0.4, -0.2) is 0 Å². The van der Waals surface area contributed by atoms with E-state index in [1.54, 1.807) is 12.1 Å². The Hall–Kier alpha value is -1.86. The van der Waals surface area contributed by atoms with Crippen molar-refractivity contribution >= 4 is 21.6 Å². The highest BCUT2D eigenvalue weighted by molar-refractivity contribution is 9.10. The summed E-state index contributed by atoms with van der Waals surface area (Å²) in [6.07, 6.45) is 0. The second-order valence-corrected chi connectivity index (χ2v) is 5.06. The van der Waals surface area contributed by atoms with Gasteiger partial charge in [0.25, 0.3) is 0 Å². The molecular formula is C15H12BrFN2. The lowest BCUT2D eigenvalue weighted by Crippen LogP contribution is -2.03.